The van der Waals surface area contributed by atoms with Crippen LogP contribution < -0.4 is 5.46 Å². The van der Waals surface area contributed by atoms with Crippen molar-refractivity contribution in [1.82, 2.24) is 14.8 Å². The van der Waals surface area contributed by atoms with E-state index in [1.807, 2.05) is 66.7 Å². The maximum Gasteiger partial charge on any atom is 0.494 e. The number of rotatable bonds is 2. The summed E-state index contributed by atoms with van der Waals surface area (Å²) in [6.07, 6.45) is -0.343. The minimum Gasteiger partial charge on any atom is -0.444 e. The summed E-state index contributed by atoms with van der Waals surface area (Å²) in [4.78, 5) is 33.3. The third-order valence-corrected chi connectivity index (χ3v) is 7.35. The number of hydrogen-bond donors (Lipinski definition) is 0. The first-order valence-corrected chi connectivity index (χ1v) is 12.1. The van der Waals surface area contributed by atoms with Crippen LogP contribution in [0.5, 0.6) is 0 Å². The van der Waals surface area contributed by atoms with E-state index in [4.69, 9.17) is 14.0 Å². The van der Waals surface area contributed by atoms with Crippen LogP contribution in [0.25, 0.3) is 10.2 Å². The third-order valence-electron chi connectivity index (χ3n) is 6.34. The number of carbonyl (C=O) groups excluding carboxylic acids is 2. The van der Waals surface area contributed by atoms with Gasteiger partial charge in [0.2, 0.25) is 0 Å². The van der Waals surface area contributed by atoms with Gasteiger partial charge in [0.1, 0.15) is 5.60 Å². The fraction of sp³-hybridized carbons (Fsp3) is 0.609. The van der Waals surface area contributed by atoms with Crippen molar-refractivity contribution in [1.29, 1.82) is 0 Å². The highest BCUT2D eigenvalue weighted by Crippen LogP contribution is 2.36. The van der Waals surface area contributed by atoms with E-state index in [1.165, 1.54) is 11.3 Å². The molecule has 8 nitrogen and oxygen atoms in total. The van der Waals surface area contributed by atoms with Crippen molar-refractivity contribution < 1.29 is 23.6 Å². The molecule has 0 spiro atoms. The molecule has 0 atom stereocenters. The lowest BCUT2D eigenvalue weighted by molar-refractivity contribution is 0.00578. The van der Waals surface area contributed by atoms with Crippen LogP contribution in [0.1, 0.15) is 58.3 Å². The van der Waals surface area contributed by atoms with Crippen molar-refractivity contribution in [2.45, 2.75) is 65.3 Å². The maximum absolute atomic E-state index is 13.1. The molecule has 0 unspecified atom stereocenters. The van der Waals surface area contributed by atoms with Crippen LogP contribution in [-0.4, -0.2) is 76.9 Å². The molecule has 2 aliphatic heterocycles. The lowest BCUT2D eigenvalue weighted by atomic mass is 9.79. The minimum absolute atomic E-state index is 0.114. The second-order valence-electron chi connectivity index (χ2n) is 10.6. The predicted molar refractivity (Wildman–Crippen MR) is 129 cm³/mol. The molecule has 4 rings (SSSR count). The number of nitrogens with zero attached hydrogens (tertiary/aromatic N) is 3. The van der Waals surface area contributed by atoms with Crippen molar-refractivity contribution in [3.05, 3.63) is 23.2 Å². The zero-order valence-corrected chi connectivity index (χ0v) is 21.2. The monoisotopic (exact) mass is 473 g/mol. The molecular formula is C23H32BN3O5S. The van der Waals surface area contributed by atoms with Crippen LogP contribution in [0.2, 0.25) is 0 Å². The number of fused-ring (bicyclic) bond motifs is 1. The molecule has 2 aromatic rings. The smallest absolute Gasteiger partial charge is 0.444 e. The molecule has 10 heteroatoms. The topological polar surface area (TPSA) is 81.2 Å². The number of hydrogen-bond acceptors (Lipinski definition) is 7. The van der Waals surface area contributed by atoms with Gasteiger partial charge in [-0.1, -0.05) is 6.07 Å². The standard InChI is InChI=1S/C23H32BN3O5S/c1-21(2,3)30-20(29)27-12-10-26(11-13-27)19(28)18-25-16-9-8-15(14-17(16)33-18)24-31-22(4,5)23(6,7)32-24/h8-9,14H,10-13H2,1-7H3. The van der Waals surface area contributed by atoms with Gasteiger partial charge in [-0.25, -0.2) is 9.78 Å². The third kappa shape index (κ3) is 4.88. The summed E-state index contributed by atoms with van der Waals surface area (Å²) in [6.45, 7) is 15.4. The van der Waals surface area contributed by atoms with Gasteiger partial charge >= 0.3 is 13.2 Å². The van der Waals surface area contributed by atoms with Crippen molar-refractivity contribution in [3.63, 3.8) is 0 Å². The summed E-state index contributed by atoms with van der Waals surface area (Å²) in [5.41, 5.74) is 0.321. The summed E-state index contributed by atoms with van der Waals surface area (Å²) in [7, 11) is -0.457. The normalized spacial score (nSPS) is 20.4. The van der Waals surface area contributed by atoms with Crippen LogP contribution in [-0.2, 0) is 14.0 Å². The minimum atomic E-state index is -0.538. The van der Waals surface area contributed by atoms with Crippen LogP contribution in [0.4, 0.5) is 4.79 Å². The Labute approximate surface area is 199 Å². The van der Waals surface area contributed by atoms with E-state index in [2.05, 4.69) is 4.98 Å². The second kappa shape index (κ2) is 8.25. The summed E-state index contributed by atoms with van der Waals surface area (Å²) in [5, 5.41) is 0.446. The highest BCUT2D eigenvalue weighted by molar-refractivity contribution is 7.20. The maximum atomic E-state index is 13.1. The number of piperazine rings is 1. The average molecular weight is 473 g/mol. The van der Waals surface area contributed by atoms with E-state index in [9.17, 15) is 9.59 Å². The molecular weight excluding hydrogens is 441 g/mol. The van der Waals surface area contributed by atoms with Gasteiger partial charge < -0.3 is 23.8 Å². The molecule has 178 valence electrons. The van der Waals surface area contributed by atoms with E-state index in [-0.39, 0.29) is 12.0 Å². The quantitative estimate of drug-likeness (QED) is 0.623. The lowest BCUT2D eigenvalue weighted by Crippen LogP contribution is -2.51. The number of ether oxygens (including phenoxy) is 1. The van der Waals surface area contributed by atoms with E-state index >= 15 is 0 Å². The molecule has 2 fully saturated rings. The number of thiazole rings is 1. The number of amides is 2. The molecule has 33 heavy (non-hydrogen) atoms. The van der Waals surface area contributed by atoms with Gasteiger partial charge in [-0.15, -0.1) is 11.3 Å². The zero-order chi connectivity index (χ0) is 24.2. The fourth-order valence-electron chi connectivity index (χ4n) is 3.71. The Balaban J connectivity index is 1.43. The van der Waals surface area contributed by atoms with Crippen LogP contribution in [0.15, 0.2) is 18.2 Å². The van der Waals surface area contributed by atoms with Crippen LogP contribution in [0, 0.1) is 0 Å². The van der Waals surface area contributed by atoms with Gasteiger partial charge in [0, 0.05) is 26.2 Å². The Hall–Kier alpha value is -2.17. The number of carbonyl (C=O) groups is 2. The Bertz CT molecular complexity index is 1050. The summed E-state index contributed by atoms with van der Waals surface area (Å²) >= 11 is 1.37. The highest BCUT2D eigenvalue weighted by Gasteiger charge is 2.51. The average Bonchev–Trinajstić information content (AvgIpc) is 3.23. The van der Waals surface area contributed by atoms with Gasteiger partial charge in [-0.05, 0) is 66.1 Å². The SMILES string of the molecule is CC(C)(C)OC(=O)N1CCN(C(=O)c2nc3ccc(B4OC(C)(C)C(C)(C)O4)cc3s2)CC1. The van der Waals surface area contributed by atoms with Gasteiger partial charge in [-0.3, -0.25) is 4.79 Å². The molecule has 1 aromatic carbocycles. The first kappa shape index (κ1) is 24.0. The number of benzene rings is 1. The largest absolute Gasteiger partial charge is 0.494 e. The van der Waals surface area contributed by atoms with Gasteiger partial charge in [-0.2, -0.15) is 0 Å². The molecule has 0 aliphatic carbocycles. The highest BCUT2D eigenvalue weighted by atomic mass is 32.1. The van der Waals surface area contributed by atoms with Crippen LogP contribution in [0.3, 0.4) is 0 Å². The first-order valence-electron chi connectivity index (χ1n) is 11.3. The Morgan fingerprint density at radius 1 is 1.03 bits per heavy atom. The van der Waals surface area contributed by atoms with Crippen molar-refractivity contribution in [2.24, 2.45) is 0 Å². The van der Waals surface area contributed by atoms with Crippen molar-refractivity contribution >= 4 is 46.1 Å². The molecule has 3 heterocycles. The summed E-state index contributed by atoms with van der Waals surface area (Å²) in [5.74, 6) is -0.114. The fourth-order valence-corrected chi connectivity index (χ4v) is 4.69. The molecule has 1 aromatic heterocycles. The Morgan fingerprint density at radius 3 is 2.18 bits per heavy atom. The van der Waals surface area contributed by atoms with Crippen molar-refractivity contribution in [3.8, 4) is 0 Å². The van der Waals surface area contributed by atoms with Gasteiger partial charge in [0.25, 0.3) is 5.91 Å². The van der Waals surface area contributed by atoms with E-state index in [0.717, 1.165) is 15.7 Å². The molecule has 0 bridgehead atoms. The Morgan fingerprint density at radius 2 is 1.61 bits per heavy atom. The first-order chi connectivity index (χ1) is 15.3. The van der Waals surface area contributed by atoms with Crippen molar-refractivity contribution in [2.75, 3.05) is 26.2 Å². The molecule has 0 N–H and O–H groups in total. The van der Waals surface area contributed by atoms with E-state index in [1.54, 1.807) is 9.80 Å². The molecule has 0 saturated carbocycles. The molecule has 0 radical (unpaired) electrons. The molecule has 2 amide bonds. The Kier molecular flexibility index (Phi) is 5.99. The zero-order valence-electron chi connectivity index (χ0n) is 20.4. The lowest BCUT2D eigenvalue weighted by Gasteiger charge is -2.35. The summed E-state index contributed by atoms with van der Waals surface area (Å²) in [6, 6.07) is 5.84. The van der Waals surface area contributed by atoms with E-state index in [0.29, 0.717) is 31.2 Å². The van der Waals surface area contributed by atoms with Gasteiger partial charge in [0.05, 0.1) is 21.4 Å². The molecule has 2 saturated heterocycles. The summed E-state index contributed by atoms with van der Waals surface area (Å²) < 4.78 is 18.6. The second-order valence-corrected chi connectivity index (χ2v) is 11.6. The van der Waals surface area contributed by atoms with E-state index < -0.39 is 23.9 Å². The predicted octanol–water partition coefficient (Wildman–Crippen LogP) is 3.29. The van der Waals surface area contributed by atoms with Crippen LogP contribution >= 0.6 is 11.3 Å². The molecule has 2 aliphatic rings. The van der Waals surface area contributed by atoms with Gasteiger partial charge in [0.15, 0.2) is 5.01 Å². The number of aromatic nitrogens is 1.